The van der Waals surface area contributed by atoms with Crippen LogP contribution in [0.4, 0.5) is 17.6 Å². The van der Waals surface area contributed by atoms with E-state index in [1.807, 2.05) is 0 Å². The molecular weight excluding hydrogens is 400 g/mol. The van der Waals surface area contributed by atoms with E-state index >= 15 is 0 Å². The third-order valence-corrected chi connectivity index (χ3v) is 4.89. The Bertz CT molecular complexity index is 894. The molecule has 1 heterocycles. The standard InChI is InChI=1S/C23H24F4O3/c1-3-5-18-11-8-16(14-29-18)15-6-9-17(10-7-15)23(26,27)30-20-13-12-19(28-4-2)21(24)22(20)25/h6-7,9-10,12-14,18H,3-5,8,11H2,1-2H3. The van der Waals surface area contributed by atoms with Gasteiger partial charge in [-0.1, -0.05) is 25.5 Å². The molecule has 162 valence electrons. The minimum absolute atomic E-state index is 0.111. The first-order chi connectivity index (χ1) is 14.4. The number of hydrogen-bond donors (Lipinski definition) is 0. The van der Waals surface area contributed by atoms with Gasteiger partial charge in [0, 0.05) is 0 Å². The van der Waals surface area contributed by atoms with Gasteiger partial charge >= 0.3 is 6.11 Å². The van der Waals surface area contributed by atoms with E-state index in [4.69, 9.17) is 9.47 Å². The van der Waals surface area contributed by atoms with Crippen LogP contribution in [0, 0.1) is 11.6 Å². The smallest absolute Gasteiger partial charge is 0.426 e. The maximum absolute atomic E-state index is 14.5. The van der Waals surface area contributed by atoms with Gasteiger partial charge in [-0.2, -0.15) is 17.6 Å². The van der Waals surface area contributed by atoms with Crippen LogP contribution in [-0.4, -0.2) is 12.7 Å². The summed E-state index contributed by atoms with van der Waals surface area (Å²) in [6, 6.07) is 7.46. The average Bonchev–Trinajstić information content (AvgIpc) is 2.74. The second-order valence-electron chi connectivity index (χ2n) is 7.05. The first kappa shape index (κ1) is 22.0. The lowest BCUT2D eigenvalue weighted by atomic mass is 9.96. The van der Waals surface area contributed by atoms with Gasteiger partial charge in [0.25, 0.3) is 0 Å². The van der Waals surface area contributed by atoms with E-state index in [1.165, 1.54) is 24.3 Å². The highest BCUT2D eigenvalue weighted by molar-refractivity contribution is 5.65. The highest BCUT2D eigenvalue weighted by Gasteiger charge is 2.36. The molecule has 1 aliphatic heterocycles. The molecule has 1 atom stereocenters. The Morgan fingerprint density at radius 3 is 2.27 bits per heavy atom. The molecule has 30 heavy (non-hydrogen) atoms. The van der Waals surface area contributed by atoms with Crippen LogP contribution in [0.2, 0.25) is 0 Å². The van der Waals surface area contributed by atoms with E-state index in [1.54, 1.807) is 13.2 Å². The molecule has 1 unspecified atom stereocenters. The monoisotopic (exact) mass is 424 g/mol. The number of benzene rings is 2. The van der Waals surface area contributed by atoms with Gasteiger partial charge in [0.15, 0.2) is 11.5 Å². The van der Waals surface area contributed by atoms with Crippen molar-refractivity contribution in [2.24, 2.45) is 0 Å². The van der Waals surface area contributed by atoms with Gasteiger partial charge in [-0.15, -0.1) is 0 Å². The maximum Gasteiger partial charge on any atom is 0.426 e. The van der Waals surface area contributed by atoms with Crippen LogP contribution in [0.15, 0.2) is 42.7 Å². The Morgan fingerprint density at radius 2 is 1.67 bits per heavy atom. The molecular formula is C23H24F4O3. The van der Waals surface area contributed by atoms with Crippen LogP contribution in [-0.2, 0) is 10.8 Å². The summed E-state index contributed by atoms with van der Waals surface area (Å²) in [6.07, 6.45) is 1.73. The predicted molar refractivity (Wildman–Crippen MR) is 105 cm³/mol. The minimum Gasteiger partial charge on any atom is -0.498 e. The van der Waals surface area contributed by atoms with Crippen molar-refractivity contribution in [1.29, 1.82) is 0 Å². The van der Waals surface area contributed by atoms with E-state index in [-0.39, 0.29) is 18.5 Å². The van der Waals surface area contributed by atoms with Crippen molar-refractivity contribution in [2.75, 3.05) is 6.61 Å². The Kier molecular flexibility index (Phi) is 6.90. The molecule has 1 aliphatic rings. The zero-order valence-electron chi connectivity index (χ0n) is 16.9. The third-order valence-electron chi connectivity index (χ3n) is 4.89. The molecule has 0 bridgehead atoms. The topological polar surface area (TPSA) is 27.7 Å². The summed E-state index contributed by atoms with van der Waals surface area (Å²) in [7, 11) is 0. The summed E-state index contributed by atoms with van der Waals surface area (Å²) in [5, 5.41) is 0. The summed E-state index contributed by atoms with van der Waals surface area (Å²) in [5.74, 6) is -4.15. The van der Waals surface area contributed by atoms with Gasteiger partial charge in [0.1, 0.15) is 0 Å². The Labute approximate surface area is 173 Å². The van der Waals surface area contributed by atoms with E-state index in [2.05, 4.69) is 11.7 Å². The minimum atomic E-state index is -3.84. The summed E-state index contributed by atoms with van der Waals surface area (Å²) in [4.78, 5) is 0. The van der Waals surface area contributed by atoms with E-state index in [0.29, 0.717) is 0 Å². The summed E-state index contributed by atoms with van der Waals surface area (Å²) in [6.45, 7) is 3.80. The molecule has 2 aromatic rings. The number of allylic oxidation sites excluding steroid dienone is 1. The van der Waals surface area contributed by atoms with Crippen molar-refractivity contribution in [2.45, 2.75) is 51.7 Å². The van der Waals surface area contributed by atoms with Crippen molar-refractivity contribution < 1.29 is 31.8 Å². The van der Waals surface area contributed by atoms with Crippen LogP contribution in [0.25, 0.3) is 5.57 Å². The molecule has 0 saturated heterocycles. The van der Waals surface area contributed by atoms with Crippen molar-refractivity contribution >= 4 is 5.57 Å². The van der Waals surface area contributed by atoms with Crippen LogP contribution >= 0.6 is 0 Å². The molecule has 3 rings (SSSR count). The van der Waals surface area contributed by atoms with Gasteiger partial charge in [-0.3, -0.25) is 0 Å². The van der Waals surface area contributed by atoms with Crippen LogP contribution in [0.5, 0.6) is 11.5 Å². The number of hydrogen-bond acceptors (Lipinski definition) is 3. The molecule has 0 radical (unpaired) electrons. The van der Waals surface area contributed by atoms with Gasteiger partial charge in [0.05, 0.1) is 24.5 Å². The normalized spacial score (nSPS) is 16.6. The summed E-state index contributed by atoms with van der Waals surface area (Å²) < 4.78 is 72.2. The van der Waals surface area contributed by atoms with Gasteiger partial charge in [-0.05, 0) is 61.6 Å². The number of alkyl halides is 2. The lowest BCUT2D eigenvalue weighted by molar-refractivity contribution is -0.187. The van der Waals surface area contributed by atoms with Crippen molar-refractivity contribution in [3.05, 3.63) is 65.4 Å². The quantitative estimate of drug-likeness (QED) is 0.436. The van der Waals surface area contributed by atoms with Crippen LogP contribution in [0.1, 0.15) is 50.7 Å². The highest BCUT2D eigenvalue weighted by Crippen LogP contribution is 2.36. The number of rotatable bonds is 8. The number of ether oxygens (including phenoxy) is 3. The lowest BCUT2D eigenvalue weighted by Crippen LogP contribution is -2.22. The van der Waals surface area contributed by atoms with E-state index in [9.17, 15) is 17.6 Å². The maximum atomic E-state index is 14.5. The fourth-order valence-corrected chi connectivity index (χ4v) is 3.30. The van der Waals surface area contributed by atoms with Crippen LogP contribution < -0.4 is 9.47 Å². The van der Waals surface area contributed by atoms with Crippen molar-refractivity contribution in [1.82, 2.24) is 0 Å². The Morgan fingerprint density at radius 1 is 1.00 bits per heavy atom. The van der Waals surface area contributed by atoms with E-state index in [0.717, 1.165) is 49.0 Å². The molecule has 2 aromatic carbocycles. The predicted octanol–water partition coefficient (Wildman–Crippen LogP) is 6.81. The fraction of sp³-hybridized carbons (Fsp3) is 0.391. The lowest BCUT2D eigenvalue weighted by Gasteiger charge is -2.23. The van der Waals surface area contributed by atoms with E-state index < -0.39 is 29.1 Å². The Hall–Kier alpha value is -2.70. The van der Waals surface area contributed by atoms with Crippen LogP contribution in [0.3, 0.4) is 0 Å². The molecule has 0 aliphatic carbocycles. The first-order valence-electron chi connectivity index (χ1n) is 9.98. The van der Waals surface area contributed by atoms with Gasteiger partial charge in [-0.25, -0.2) is 0 Å². The zero-order valence-corrected chi connectivity index (χ0v) is 16.9. The molecule has 0 saturated carbocycles. The second kappa shape index (κ2) is 9.41. The van der Waals surface area contributed by atoms with Gasteiger partial charge < -0.3 is 14.2 Å². The van der Waals surface area contributed by atoms with Gasteiger partial charge in [0.2, 0.25) is 11.6 Å². The molecule has 0 amide bonds. The Balaban J connectivity index is 1.73. The first-order valence-corrected chi connectivity index (χ1v) is 9.98. The highest BCUT2D eigenvalue weighted by atomic mass is 19.3. The molecule has 0 N–H and O–H groups in total. The summed E-state index contributed by atoms with van der Waals surface area (Å²) in [5.41, 5.74) is 1.22. The number of halogens is 4. The molecule has 0 aromatic heterocycles. The van der Waals surface area contributed by atoms with Crippen molar-refractivity contribution in [3.8, 4) is 11.5 Å². The molecule has 7 heteroatoms. The SMILES string of the molecule is CCCC1CCC(c2ccc(C(F)(F)Oc3ccc(OCC)c(F)c3F)cc2)=CO1. The molecule has 0 fully saturated rings. The second-order valence-corrected chi connectivity index (χ2v) is 7.05. The largest absolute Gasteiger partial charge is 0.498 e. The zero-order chi connectivity index (χ0) is 21.7. The molecule has 3 nitrogen and oxygen atoms in total. The third kappa shape index (κ3) is 4.89. The summed E-state index contributed by atoms with van der Waals surface area (Å²) >= 11 is 0. The molecule has 0 spiro atoms. The average molecular weight is 424 g/mol. The van der Waals surface area contributed by atoms with Crippen molar-refractivity contribution in [3.63, 3.8) is 0 Å². The fourth-order valence-electron chi connectivity index (χ4n) is 3.30.